The van der Waals surface area contributed by atoms with Gasteiger partial charge in [0.1, 0.15) is 22.5 Å². The number of carbonyl (C=O) groups excluding carboxylic acids is 1. The average Bonchev–Trinajstić information content (AvgIpc) is 3.03. The fourth-order valence-electron chi connectivity index (χ4n) is 2.99. The number of rotatable bonds is 7. The van der Waals surface area contributed by atoms with Gasteiger partial charge in [-0.15, -0.1) is 11.3 Å². The fraction of sp³-hybridized carbons (Fsp3) is 0.350. The molecule has 0 aliphatic carbocycles. The van der Waals surface area contributed by atoms with E-state index in [4.69, 9.17) is 15.7 Å². The van der Waals surface area contributed by atoms with Crippen molar-refractivity contribution in [3.8, 4) is 11.1 Å². The third kappa shape index (κ3) is 4.26. The van der Waals surface area contributed by atoms with Crippen LogP contribution in [0, 0.1) is 5.92 Å². The van der Waals surface area contributed by atoms with E-state index in [9.17, 15) is 4.79 Å². The number of nitrogens with zero attached hydrogens (tertiary/aromatic N) is 3. The summed E-state index contributed by atoms with van der Waals surface area (Å²) in [5.41, 5.74) is 7.77. The van der Waals surface area contributed by atoms with E-state index in [1.165, 1.54) is 0 Å². The van der Waals surface area contributed by atoms with E-state index in [1.54, 1.807) is 11.3 Å². The van der Waals surface area contributed by atoms with Crippen molar-refractivity contribution in [3.63, 3.8) is 0 Å². The van der Waals surface area contributed by atoms with Gasteiger partial charge in [-0.05, 0) is 25.6 Å². The Morgan fingerprint density at radius 2 is 1.93 bits per heavy atom. The van der Waals surface area contributed by atoms with E-state index in [0.29, 0.717) is 18.2 Å². The second kappa shape index (κ2) is 8.02. The van der Waals surface area contributed by atoms with Crippen LogP contribution in [0.25, 0.3) is 21.3 Å². The number of nitrogens with two attached hydrogens (primary N) is 1. The number of thiophene rings is 1. The molecule has 0 aliphatic heterocycles. The van der Waals surface area contributed by atoms with Gasteiger partial charge in [0.25, 0.3) is 0 Å². The third-order valence-corrected chi connectivity index (χ3v) is 5.16. The molecule has 2 heterocycles. The summed E-state index contributed by atoms with van der Waals surface area (Å²) in [4.78, 5) is 24.3. The molecule has 0 saturated heterocycles. The van der Waals surface area contributed by atoms with Crippen LogP contribution in [0.15, 0.2) is 35.7 Å². The van der Waals surface area contributed by atoms with Crippen molar-refractivity contribution in [2.45, 2.75) is 26.4 Å². The number of aromatic nitrogens is 2. The SMILES string of the molecule is CC(C)C(Nc1nc(CN(C)C)nc2scc(-c3ccccc3)c12)C(N)=O. The Kier molecular flexibility index (Phi) is 5.72. The van der Waals surface area contributed by atoms with Crippen LogP contribution >= 0.6 is 11.3 Å². The quantitative estimate of drug-likeness (QED) is 0.654. The Labute approximate surface area is 163 Å². The highest BCUT2D eigenvalue weighted by Gasteiger charge is 2.23. The lowest BCUT2D eigenvalue weighted by atomic mass is 10.0. The van der Waals surface area contributed by atoms with Crippen molar-refractivity contribution in [2.24, 2.45) is 11.7 Å². The maximum absolute atomic E-state index is 11.9. The van der Waals surface area contributed by atoms with E-state index in [0.717, 1.165) is 21.3 Å². The molecule has 1 aromatic carbocycles. The molecular formula is C20H25N5OS. The van der Waals surface area contributed by atoms with Crippen molar-refractivity contribution < 1.29 is 4.79 Å². The zero-order valence-electron chi connectivity index (χ0n) is 16.1. The van der Waals surface area contributed by atoms with Crippen LogP contribution in [-0.4, -0.2) is 40.9 Å². The molecule has 0 spiro atoms. The lowest BCUT2D eigenvalue weighted by molar-refractivity contribution is -0.119. The standard InChI is InChI=1S/C20H25N5OS/c1-12(2)17(18(21)26)24-19-16-14(13-8-6-5-7-9-13)11-27-20(16)23-15(22-19)10-25(3)4/h5-9,11-12,17H,10H2,1-4H3,(H2,21,26)(H,22,23,24). The first-order valence-corrected chi connectivity index (χ1v) is 9.79. The molecule has 3 aromatic rings. The fourth-order valence-corrected chi connectivity index (χ4v) is 3.95. The highest BCUT2D eigenvalue weighted by Crippen LogP contribution is 2.37. The average molecular weight is 384 g/mol. The number of anilines is 1. The van der Waals surface area contributed by atoms with Crippen LogP contribution in [-0.2, 0) is 11.3 Å². The molecular weight excluding hydrogens is 358 g/mol. The lowest BCUT2D eigenvalue weighted by Gasteiger charge is -2.21. The number of hydrogen-bond donors (Lipinski definition) is 2. The van der Waals surface area contributed by atoms with Crippen LogP contribution in [0.3, 0.4) is 0 Å². The van der Waals surface area contributed by atoms with Gasteiger partial charge in [-0.3, -0.25) is 4.79 Å². The maximum atomic E-state index is 11.9. The number of nitrogens with one attached hydrogen (secondary N) is 1. The van der Waals surface area contributed by atoms with Gasteiger partial charge in [0, 0.05) is 10.9 Å². The Hall–Kier alpha value is -2.51. The topological polar surface area (TPSA) is 84.1 Å². The lowest BCUT2D eigenvalue weighted by Crippen LogP contribution is -2.40. The summed E-state index contributed by atoms with van der Waals surface area (Å²) < 4.78 is 0. The van der Waals surface area contributed by atoms with E-state index in [1.807, 2.05) is 51.0 Å². The third-order valence-electron chi connectivity index (χ3n) is 4.29. The molecule has 3 N–H and O–H groups in total. The Morgan fingerprint density at radius 3 is 2.52 bits per heavy atom. The van der Waals surface area contributed by atoms with Crippen molar-refractivity contribution in [1.82, 2.24) is 14.9 Å². The summed E-state index contributed by atoms with van der Waals surface area (Å²) in [6.45, 7) is 4.55. The minimum Gasteiger partial charge on any atom is -0.368 e. The van der Waals surface area contributed by atoms with Crippen molar-refractivity contribution in [2.75, 3.05) is 19.4 Å². The van der Waals surface area contributed by atoms with Crippen molar-refractivity contribution in [1.29, 1.82) is 0 Å². The summed E-state index contributed by atoms with van der Waals surface area (Å²) >= 11 is 1.58. The van der Waals surface area contributed by atoms with Gasteiger partial charge >= 0.3 is 0 Å². The van der Waals surface area contributed by atoms with E-state index in [-0.39, 0.29) is 11.8 Å². The number of primary amides is 1. The Bertz CT molecular complexity index is 936. The summed E-state index contributed by atoms with van der Waals surface area (Å²) in [7, 11) is 3.95. The minimum absolute atomic E-state index is 0.0450. The van der Waals surface area contributed by atoms with Crippen molar-refractivity contribution in [3.05, 3.63) is 41.5 Å². The molecule has 0 radical (unpaired) electrons. The van der Waals surface area contributed by atoms with Gasteiger partial charge in [0.05, 0.1) is 11.9 Å². The van der Waals surface area contributed by atoms with Gasteiger partial charge in [-0.2, -0.15) is 0 Å². The molecule has 7 heteroatoms. The molecule has 1 unspecified atom stereocenters. The predicted molar refractivity (Wildman–Crippen MR) is 112 cm³/mol. The summed E-state index contributed by atoms with van der Waals surface area (Å²) in [5, 5.41) is 6.32. The molecule has 1 amide bonds. The number of hydrogen-bond acceptors (Lipinski definition) is 6. The van der Waals surface area contributed by atoms with Crippen LogP contribution in [0.4, 0.5) is 5.82 Å². The first-order valence-electron chi connectivity index (χ1n) is 8.91. The number of fused-ring (bicyclic) bond motifs is 1. The van der Waals surface area contributed by atoms with Crippen molar-refractivity contribution >= 4 is 33.3 Å². The normalized spacial score (nSPS) is 12.7. The smallest absolute Gasteiger partial charge is 0.240 e. The molecule has 27 heavy (non-hydrogen) atoms. The zero-order valence-corrected chi connectivity index (χ0v) is 16.9. The predicted octanol–water partition coefficient (Wildman–Crippen LogP) is 3.34. The molecule has 142 valence electrons. The van der Waals surface area contributed by atoms with Crippen LogP contribution < -0.4 is 11.1 Å². The second-order valence-electron chi connectivity index (χ2n) is 7.19. The van der Waals surface area contributed by atoms with Crippen LogP contribution in [0.2, 0.25) is 0 Å². The summed E-state index contributed by atoms with van der Waals surface area (Å²) in [6.07, 6.45) is 0. The molecule has 1 atom stereocenters. The minimum atomic E-state index is -0.501. The monoisotopic (exact) mass is 383 g/mol. The Morgan fingerprint density at radius 1 is 1.22 bits per heavy atom. The van der Waals surface area contributed by atoms with E-state index in [2.05, 4.69) is 22.8 Å². The van der Waals surface area contributed by atoms with Crippen LogP contribution in [0.5, 0.6) is 0 Å². The zero-order chi connectivity index (χ0) is 19.6. The van der Waals surface area contributed by atoms with Crippen LogP contribution in [0.1, 0.15) is 19.7 Å². The number of benzene rings is 1. The molecule has 0 bridgehead atoms. The second-order valence-corrected chi connectivity index (χ2v) is 8.05. The van der Waals surface area contributed by atoms with Gasteiger partial charge < -0.3 is 16.0 Å². The molecule has 2 aromatic heterocycles. The first kappa shape index (κ1) is 19.3. The number of carbonyl (C=O) groups is 1. The number of amides is 1. The summed E-state index contributed by atoms with van der Waals surface area (Å²) in [6, 6.07) is 9.63. The molecule has 0 aliphatic rings. The van der Waals surface area contributed by atoms with Gasteiger partial charge in [0.2, 0.25) is 5.91 Å². The highest BCUT2D eigenvalue weighted by atomic mass is 32.1. The van der Waals surface area contributed by atoms with E-state index < -0.39 is 6.04 Å². The maximum Gasteiger partial charge on any atom is 0.240 e. The van der Waals surface area contributed by atoms with Gasteiger partial charge in [0.15, 0.2) is 0 Å². The molecule has 6 nitrogen and oxygen atoms in total. The largest absolute Gasteiger partial charge is 0.368 e. The first-order chi connectivity index (χ1) is 12.9. The molecule has 0 saturated carbocycles. The molecule has 0 fully saturated rings. The van der Waals surface area contributed by atoms with E-state index >= 15 is 0 Å². The Balaban J connectivity index is 2.17. The highest BCUT2D eigenvalue weighted by molar-refractivity contribution is 7.17. The summed E-state index contributed by atoms with van der Waals surface area (Å²) in [5.74, 6) is 1.03. The van der Waals surface area contributed by atoms with Gasteiger partial charge in [-0.25, -0.2) is 9.97 Å². The molecule has 3 rings (SSSR count). The van der Waals surface area contributed by atoms with Gasteiger partial charge in [-0.1, -0.05) is 44.2 Å².